The number of ketones is 1. The molecule has 2 atom stereocenters. The quantitative estimate of drug-likeness (QED) is 0.536. The number of hydrogen-bond acceptors (Lipinski definition) is 6. The van der Waals surface area contributed by atoms with E-state index in [4.69, 9.17) is 0 Å². The standard InChI is InChI=1S/C14H21NO6/c1-6-14(2,3)10(16)11(17)15-8(12(18)20-4)7-9(15)13(19)21-5/h8-9H,6-7H2,1-5H3/t8-,9+. The Kier molecular flexibility index (Phi) is 5.09. The molecular weight excluding hydrogens is 278 g/mol. The van der Waals surface area contributed by atoms with Crippen LogP contribution in [0.25, 0.3) is 0 Å². The van der Waals surface area contributed by atoms with E-state index >= 15 is 0 Å². The molecule has 0 aromatic heterocycles. The van der Waals surface area contributed by atoms with Crippen molar-refractivity contribution < 1.29 is 28.7 Å². The summed E-state index contributed by atoms with van der Waals surface area (Å²) < 4.78 is 9.18. The molecule has 0 aliphatic carbocycles. The fourth-order valence-electron chi connectivity index (χ4n) is 2.06. The van der Waals surface area contributed by atoms with Gasteiger partial charge >= 0.3 is 11.9 Å². The minimum absolute atomic E-state index is 0.102. The second kappa shape index (κ2) is 6.24. The molecule has 0 bridgehead atoms. The summed E-state index contributed by atoms with van der Waals surface area (Å²) in [6.07, 6.45) is 0.572. The van der Waals surface area contributed by atoms with E-state index in [1.165, 1.54) is 14.2 Å². The molecule has 1 aliphatic rings. The minimum atomic E-state index is -0.914. The minimum Gasteiger partial charge on any atom is -0.467 e. The van der Waals surface area contributed by atoms with Gasteiger partial charge in [0.2, 0.25) is 5.78 Å². The molecule has 0 aromatic rings. The van der Waals surface area contributed by atoms with Crippen molar-refractivity contribution in [3.63, 3.8) is 0 Å². The van der Waals surface area contributed by atoms with Crippen molar-refractivity contribution in [3.05, 3.63) is 0 Å². The van der Waals surface area contributed by atoms with Gasteiger partial charge in [-0.1, -0.05) is 20.8 Å². The Labute approximate surface area is 123 Å². The van der Waals surface area contributed by atoms with Gasteiger partial charge in [-0.2, -0.15) is 0 Å². The van der Waals surface area contributed by atoms with E-state index < -0.39 is 41.1 Å². The molecule has 0 N–H and O–H groups in total. The Bertz CT molecular complexity index is 448. The van der Waals surface area contributed by atoms with Crippen LogP contribution < -0.4 is 0 Å². The van der Waals surface area contributed by atoms with E-state index in [1.54, 1.807) is 20.8 Å². The molecule has 118 valence electrons. The first-order valence-corrected chi connectivity index (χ1v) is 6.74. The maximum absolute atomic E-state index is 12.4. The number of rotatable bonds is 5. The summed E-state index contributed by atoms with van der Waals surface area (Å²) in [6.45, 7) is 5.08. The first-order valence-electron chi connectivity index (χ1n) is 6.74. The van der Waals surface area contributed by atoms with Gasteiger partial charge in [0.15, 0.2) is 0 Å². The van der Waals surface area contributed by atoms with Crippen LogP contribution in [0.1, 0.15) is 33.6 Å². The van der Waals surface area contributed by atoms with Crippen LogP contribution in [0.2, 0.25) is 0 Å². The van der Waals surface area contributed by atoms with Crippen LogP contribution in [0.4, 0.5) is 0 Å². The van der Waals surface area contributed by atoms with Gasteiger partial charge in [0, 0.05) is 11.8 Å². The van der Waals surface area contributed by atoms with Crippen LogP contribution in [-0.2, 0) is 28.7 Å². The van der Waals surface area contributed by atoms with Crippen LogP contribution in [0.5, 0.6) is 0 Å². The molecule has 7 nitrogen and oxygen atoms in total. The number of carbonyl (C=O) groups excluding carboxylic acids is 4. The average molecular weight is 299 g/mol. The van der Waals surface area contributed by atoms with Crippen molar-refractivity contribution in [2.45, 2.75) is 45.7 Å². The van der Waals surface area contributed by atoms with Crippen molar-refractivity contribution in [2.75, 3.05) is 14.2 Å². The van der Waals surface area contributed by atoms with Crippen molar-refractivity contribution in [2.24, 2.45) is 5.41 Å². The van der Waals surface area contributed by atoms with E-state index in [1.807, 2.05) is 0 Å². The van der Waals surface area contributed by atoms with Crippen LogP contribution in [0, 0.1) is 5.41 Å². The monoisotopic (exact) mass is 299 g/mol. The molecule has 0 unspecified atom stereocenters. The number of likely N-dealkylation sites (tertiary alicyclic amines) is 1. The number of methoxy groups -OCH3 is 2. The summed E-state index contributed by atoms with van der Waals surface area (Å²) in [5, 5.41) is 0. The van der Waals surface area contributed by atoms with Gasteiger partial charge in [-0.15, -0.1) is 0 Å². The lowest BCUT2D eigenvalue weighted by Gasteiger charge is -2.45. The Hall–Kier alpha value is -1.92. The zero-order chi connectivity index (χ0) is 16.4. The second-order valence-electron chi connectivity index (χ2n) is 5.59. The predicted molar refractivity (Wildman–Crippen MR) is 72.2 cm³/mol. The highest BCUT2D eigenvalue weighted by Gasteiger charge is 2.53. The number of amides is 1. The van der Waals surface area contributed by atoms with Gasteiger partial charge in [0.1, 0.15) is 12.1 Å². The highest BCUT2D eigenvalue weighted by molar-refractivity contribution is 6.38. The summed E-state index contributed by atoms with van der Waals surface area (Å²) in [7, 11) is 2.38. The lowest BCUT2D eigenvalue weighted by molar-refractivity contribution is -0.177. The van der Waals surface area contributed by atoms with Crippen LogP contribution >= 0.6 is 0 Å². The van der Waals surface area contributed by atoms with Gasteiger partial charge in [0.05, 0.1) is 14.2 Å². The largest absolute Gasteiger partial charge is 0.467 e. The molecular formula is C14H21NO6. The van der Waals surface area contributed by atoms with E-state index in [2.05, 4.69) is 9.47 Å². The zero-order valence-electron chi connectivity index (χ0n) is 13.0. The zero-order valence-corrected chi connectivity index (χ0v) is 13.0. The van der Waals surface area contributed by atoms with Crippen molar-refractivity contribution in [1.29, 1.82) is 0 Å². The molecule has 7 heteroatoms. The predicted octanol–water partition coefficient (Wildman–Crippen LogP) is 0.307. The molecule has 1 rings (SSSR count). The number of ether oxygens (including phenoxy) is 2. The lowest BCUT2D eigenvalue weighted by atomic mass is 9.82. The van der Waals surface area contributed by atoms with Crippen molar-refractivity contribution in [1.82, 2.24) is 4.90 Å². The Morgan fingerprint density at radius 1 is 1.05 bits per heavy atom. The molecule has 1 heterocycles. The SMILES string of the molecule is CCC(C)(C)C(=O)C(=O)N1[C@@H](C(=O)OC)C[C@H]1C(=O)OC. The van der Waals surface area contributed by atoms with E-state index in [0.717, 1.165) is 4.90 Å². The van der Waals surface area contributed by atoms with E-state index in [-0.39, 0.29) is 6.42 Å². The first kappa shape index (κ1) is 17.1. The van der Waals surface area contributed by atoms with Gasteiger partial charge < -0.3 is 14.4 Å². The molecule has 21 heavy (non-hydrogen) atoms. The highest BCUT2D eigenvalue weighted by Crippen LogP contribution is 2.31. The number of nitrogens with zero attached hydrogens (tertiary/aromatic N) is 1. The molecule has 1 saturated heterocycles. The summed E-state index contributed by atoms with van der Waals surface area (Å²) >= 11 is 0. The molecule has 0 saturated carbocycles. The molecule has 0 spiro atoms. The van der Waals surface area contributed by atoms with Crippen molar-refractivity contribution in [3.8, 4) is 0 Å². The smallest absolute Gasteiger partial charge is 0.328 e. The third kappa shape index (κ3) is 3.06. The molecule has 1 amide bonds. The van der Waals surface area contributed by atoms with Gasteiger partial charge in [-0.3, -0.25) is 9.59 Å². The first-order chi connectivity index (χ1) is 9.71. The summed E-state index contributed by atoms with van der Waals surface area (Å²) in [5.74, 6) is -2.78. The fraction of sp³-hybridized carbons (Fsp3) is 0.714. The molecule has 0 radical (unpaired) electrons. The van der Waals surface area contributed by atoms with Gasteiger partial charge in [-0.25, -0.2) is 9.59 Å². The summed E-state index contributed by atoms with van der Waals surface area (Å²) in [4.78, 5) is 48.8. The third-order valence-corrected chi connectivity index (χ3v) is 3.99. The topological polar surface area (TPSA) is 90.0 Å². The number of esters is 2. The highest BCUT2D eigenvalue weighted by atomic mass is 16.5. The van der Waals surface area contributed by atoms with E-state index in [0.29, 0.717) is 6.42 Å². The Balaban J connectivity index is 3.01. The van der Waals surface area contributed by atoms with Crippen LogP contribution in [-0.4, -0.2) is 54.8 Å². The van der Waals surface area contributed by atoms with Gasteiger partial charge in [0.25, 0.3) is 5.91 Å². The third-order valence-electron chi connectivity index (χ3n) is 3.99. The number of carbonyl (C=O) groups is 4. The number of hydrogen-bond donors (Lipinski definition) is 0. The molecule has 0 aromatic carbocycles. The molecule has 1 fully saturated rings. The summed E-state index contributed by atoms with van der Waals surface area (Å²) in [6, 6.07) is -1.83. The normalized spacial score (nSPS) is 21.3. The maximum Gasteiger partial charge on any atom is 0.328 e. The Morgan fingerprint density at radius 2 is 1.48 bits per heavy atom. The maximum atomic E-state index is 12.4. The average Bonchev–Trinajstić information content (AvgIpc) is 2.44. The van der Waals surface area contributed by atoms with Crippen molar-refractivity contribution >= 4 is 23.6 Å². The number of Topliss-reactive ketones (excluding diaryl/α,β-unsaturated/α-hetero) is 1. The molecule has 1 aliphatic heterocycles. The lowest BCUT2D eigenvalue weighted by Crippen LogP contribution is -2.67. The van der Waals surface area contributed by atoms with Crippen LogP contribution in [0.15, 0.2) is 0 Å². The van der Waals surface area contributed by atoms with Gasteiger partial charge in [-0.05, 0) is 6.42 Å². The van der Waals surface area contributed by atoms with E-state index in [9.17, 15) is 19.2 Å². The Morgan fingerprint density at radius 3 is 1.81 bits per heavy atom. The fourth-order valence-corrected chi connectivity index (χ4v) is 2.06. The second-order valence-corrected chi connectivity index (χ2v) is 5.59. The van der Waals surface area contributed by atoms with Crippen LogP contribution in [0.3, 0.4) is 0 Å². The summed E-state index contributed by atoms with van der Waals surface area (Å²) in [5.41, 5.74) is -0.853.